The Bertz CT molecular complexity index is 1380. The van der Waals surface area contributed by atoms with Gasteiger partial charge in [-0.3, -0.25) is 19.8 Å². The van der Waals surface area contributed by atoms with Gasteiger partial charge in [-0.25, -0.2) is 0 Å². The number of alkyl halides is 3. The maximum Gasteiger partial charge on any atom is 0.420 e. The average Bonchev–Trinajstić information content (AvgIpc) is 3.11. The molecule has 184 valence electrons. The molecule has 36 heavy (non-hydrogen) atoms. The largest absolute Gasteiger partial charge is 0.490 e. The SMILES string of the molecule is COc1c(C(F)(F)F)ccc(Oc2ccc(C=C3NC(=S)N(c4ccccc4)C3=O)cc2)c1[N+](=O)[O-]. The van der Waals surface area contributed by atoms with Crippen molar-refractivity contribution < 1.29 is 32.4 Å². The minimum Gasteiger partial charge on any atom is -0.490 e. The van der Waals surface area contributed by atoms with E-state index < -0.39 is 33.8 Å². The Morgan fingerprint density at radius 2 is 1.72 bits per heavy atom. The molecular formula is C24H16F3N3O5S. The predicted octanol–water partition coefficient (Wildman–Crippen LogP) is 5.68. The van der Waals surface area contributed by atoms with Crippen molar-refractivity contribution in [2.24, 2.45) is 0 Å². The molecular weight excluding hydrogens is 499 g/mol. The van der Waals surface area contributed by atoms with E-state index in [9.17, 15) is 28.1 Å². The van der Waals surface area contributed by atoms with E-state index in [1.165, 1.54) is 17.0 Å². The van der Waals surface area contributed by atoms with E-state index in [0.29, 0.717) is 17.3 Å². The summed E-state index contributed by atoms with van der Waals surface area (Å²) >= 11 is 5.27. The van der Waals surface area contributed by atoms with Crippen LogP contribution < -0.4 is 19.7 Å². The van der Waals surface area contributed by atoms with E-state index in [0.717, 1.165) is 13.2 Å². The molecule has 0 radical (unpaired) electrons. The van der Waals surface area contributed by atoms with E-state index in [4.69, 9.17) is 21.7 Å². The van der Waals surface area contributed by atoms with Crippen LogP contribution >= 0.6 is 12.2 Å². The highest BCUT2D eigenvalue weighted by atomic mass is 32.1. The summed E-state index contributed by atoms with van der Waals surface area (Å²) in [5.74, 6) is -1.60. The standard InChI is InChI=1S/C24H16F3N3O5S/c1-34-21-17(24(25,26)27)11-12-19(20(21)30(32)33)35-16-9-7-14(8-10-16)13-18-22(31)29(23(36)28-18)15-5-3-2-4-6-15/h2-13H,1H3,(H,28,36). The molecule has 1 amide bonds. The van der Waals surface area contributed by atoms with E-state index in [1.54, 1.807) is 42.5 Å². The first-order valence-electron chi connectivity index (χ1n) is 10.2. The number of ether oxygens (including phenoxy) is 2. The van der Waals surface area contributed by atoms with Gasteiger partial charge in [-0.2, -0.15) is 13.2 Å². The molecule has 0 atom stereocenters. The van der Waals surface area contributed by atoms with Gasteiger partial charge >= 0.3 is 11.9 Å². The molecule has 1 N–H and O–H groups in total. The number of benzene rings is 3. The van der Waals surface area contributed by atoms with Gasteiger partial charge in [-0.1, -0.05) is 30.3 Å². The molecule has 0 aliphatic carbocycles. The first-order valence-corrected chi connectivity index (χ1v) is 10.6. The van der Waals surface area contributed by atoms with Crippen molar-refractivity contribution in [3.8, 4) is 17.2 Å². The van der Waals surface area contributed by atoms with E-state index in [2.05, 4.69) is 5.32 Å². The number of nitro benzene ring substituents is 1. The molecule has 0 spiro atoms. The van der Waals surface area contributed by atoms with Gasteiger partial charge in [0.05, 0.1) is 17.7 Å². The molecule has 1 fully saturated rings. The minimum atomic E-state index is -4.85. The third kappa shape index (κ3) is 4.84. The van der Waals surface area contributed by atoms with Gasteiger partial charge in [0.15, 0.2) is 5.11 Å². The van der Waals surface area contributed by atoms with Crippen molar-refractivity contribution in [1.82, 2.24) is 5.32 Å². The molecule has 0 saturated carbocycles. The Morgan fingerprint density at radius 1 is 1.06 bits per heavy atom. The second-order valence-electron chi connectivity index (χ2n) is 7.38. The van der Waals surface area contributed by atoms with Gasteiger partial charge < -0.3 is 14.8 Å². The fourth-order valence-electron chi connectivity index (χ4n) is 3.51. The summed E-state index contributed by atoms with van der Waals surface area (Å²) in [6.45, 7) is 0. The quantitative estimate of drug-likeness (QED) is 0.195. The highest BCUT2D eigenvalue weighted by Gasteiger charge is 2.40. The molecule has 3 aromatic rings. The fourth-order valence-corrected chi connectivity index (χ4v) is 3.81. The molecule has 1 aliphatic heterocycles. The van der Waals surface area contributed by atoms with Gasteiger partial charge in [0.1, 0.15) is 17.0 Å². The highest BCUT2D eigenvalue weighted by Crippen LogP contribution is 2.47. The van der Waals surface area contributed by atoms with Gasteiger partial charge in [0.2, 0.25) is 11.5 Å². The normalized spacial score (nSPS) is 14.7. The van der Waals surface area contributed by atoms with Crippen molar-refractivity contribution in [2.45, 2.75) is 6.18 Å². The lowest BCUT2D eigenvalue weighted by Gasteiger charge is -2.14. The number of para-hydroxylation sites is 1. The van der Waals surface area contributed by atoms with E-state index in [1.807, 2.05) is 6.07 Å². The van der Waals surface area contributed by atoms with Crippen LogP contribution in [0.3, 0.4) is 0 Å². The number of nitrogens with one attached hydrogen (secondary N) is 1. The lowest BCUT2D eigenvalue weighted by atomic mass is 10.1. The number of anilines is 1. The zero-order valence-corrected chi connectivity index (χ0v) is 19.2. The molecule has 4 rings (SSSR count). The number of halogens is 3. The molecule has 1 saturated heterocycles. The molecule has 1 aliphatic rings. The van der Waals surface area contributed by atoms with Crippen molar-refractivity contribution >= 4 is 40.7 Å². The van der Waals surface area contributed by atoms with Crippen molar-refractivity contribution in [1.29, 1.82) is 0 Å². The second kappa shape index (κ2) is 9.66. The monoisotopic (exact) mass is 515 g/mol. The number of carbonyl (C=O) groups is 1. The van der Waals surface area contributed by atoms with Crippen molar-refractivity contribution in [2.75, 3.05) is 12.0 Å². The molecule has 12 heteroatoms. The van der Waals surface area contributed by atoms with Crippen LogP contribution in [0.5, 0.6) is 17.2 Å². The molecule has 3 aromatic carbocycles. The lowest BCUT2D eigenvalue weighted by Crippen LogP contribution is -2.30. The Hall–Kier alpha value is -4.45. The van der Waals surface area contributed by atoms with E-state index >= 15 is 0 Å². The molecule has 0 aromatic heterocycles. The predicted molar refractivity (Wildman–Crippen MR) is 129 cm³/mol. The van der Waals surface area contributed by atoms with Crippen LogP contribution in [0.4, 0.5) is 24.5 Å². The summed E-state index contributed by atoms with van der Waals surface area (Å²) in [4.78, 5) is 24.7. The zero-order chi connectivity index (χ0) is 26.0. The average molecular weight is 515 g/mol. The van der Waals surface area contributed by atoms with Crippen molar-refractivity contribution in [3.63, 3.8) is 0 Å². The number of carbonyl (C=O) groups excluding carboxylic acids is 1. The molecule has 1 heterocycles. The second-order valence-corrected chi connectivity index (χ2v) is 7.77. The van der Waals surface area contributed by atoms with Gasteiger partial charge in [0, 0.05) is 0 Å². The van der Waals surface area contributed by atoms with Crippen molar-refractivity contribution in [3.05, 3.63) is 93.7 Å². The number of nitrogens with zero attached hydrogens (tertiary/aromatic N) is 2. The number of nitro groups is 1. The molecule has 8 nitrogen and oxygen atoms in total. The minimum absolute atomic E-state index is 0.120. The van der Waals surface area contributed by atoms with Crippen LogP contribution in [0.2, 0.25) is 0 Å². The Morgan fingerprint density at radius 3 is 2.31 bits per heavy atom. The smallest absolute Gasteiger partial charge is 0.420 e. The van der Waals surface area contributed by atoms with Crippen LogP contribution in [0.25, 0.3) is 6.08 Å². The fraction of sp³-hybridized carbons (Fsp3) is 0.0833. The Labute approximate surface area is 207 Å². The summed E-state index contributed by atoms with van der Waals surface area (Å²) < 4.78 is 49.9. The maximum atomic E-state index is 13.2. The lowest BCUT2D eigenvalue weighted by molar-refractivity contribution is -0.386. The molecule has 0 unspecified atom stereocenters. The van der Waals surface area contributed by atoms with Gasteiger partial charge in [-0.05, 0) is 60.3 Å². The number of methoxy groups -OCH3 is 1. The third-order valence-corrected chi connectivity index (χ3v) is 5.38. The maximum absolute atomic E-state index is 13.2. The number of amides is 1. The van der Waals surface area contributed by atoms with Gasteiger partial charge in [-0.15, -0.1) is 0 Å². The summed E-state index contributed by atoms with van der Waals surface area (Å²) in [5.41, 5.74) is -0.812. The number of rotatable bonds is 6. The number of thiocarbonyl (C=S) groups is 1. The first-order chi connectivity index (χ1) is 17.1. The van der Waals surface area contributed by atoms with Crippen LogP contribution in [-0.2, 0) is 11.0 Å². The number of hydrogen-bond acceptors (Lipinski definition) is 6. The summed E-state index contributed by atoms with van der Waals surface area (Å²) in [7, 11) is 0.909. The third-order valence-electron chi connectivity index (χ3n) is 5.10. The Balaban J connectivity index is 1.58. The number of hydrogen-bond donors (Lipinski definition) is 1. The van der Waals surface area contributed by atoms with Crippen LogP contribution in [0.15, 0.2) is 72.4 Å². The zero-order valence-electron chi connectivity index (χ0n) is 18.4. The topological polar surface area (TPSA) is 93.9 Å². The van der Waals surface area contributed by atoms with Gasteiger partial charge in [0.25, 0.3) is 5.91 Å². The first kappa shape index (κ1) is 24.7. The van der Waals surface area contributed by atoms with Crippen LogP contribution in [0, 0.1) is 10.1 Å². The summed E-state index contributed by atoms with van der Waals surface area (Å²) in [6, 6.07) is 16.4. The highest BCUT2D eigenvalue weighted by molar-refractivity contribution is 7.80. The van der Waals surface area contributed by atoms with E-state index in [-0.39, 0.29) is 22.5 Å². The Kier molecular flexibility index (Phi) is 6.62. The summed E-state index contributed by atoms with van der Waals surface area (Å²) in [6.07, 6.45) is -3.29. The van der Waals surface area contributed by atoms with Crippen LogP contribution in [-0.4, -0.2) is 23.1 Å². The summed E-state index contributed by atoms with van der Waals surface area (Å²) in [5, 5.41) is 14.6. The molecule has 0 bridgehead atoms. The van der Waals surface area contributed by atoms with Crippen LogP contribution in [0.1, 0.15) is 11.1 Å².